The van der Waals surface area contributed by atoms with E-state index in [2.05, 4.69) is 47.0 Å². The van der Waals surface area contributed by atoms with E-state index in [1.807, 2.05) is 12.1 Å². The summed E-state index contributed by atoms with van der Waals surface area (Å²) in [7, 11) is 3.48. The predicted octanol–water partition coefficient (Wildman–Crippen LogP) is 2.68. The first-order valence-electron chi connectivity index (χ1n) is 8.88. The zero-order valence-corrected chi connectivity index (χ0v) is 17.2. The number of guanidine groups is 1. The number of rotatable bonds is 8. The number of nitrogens with zero attached hydrogens (tertiary/aromatic N) is 2. The summed E-state index contributed by atoms with van der Waals surface area (Å²) in [5.74, 6) is 1.52. The summed E-state index contributed by atoms with van der Waals surface area (Å²) in [6.45, 7) is 3.49. The standard InChI is InChI=1S/C20H28N4O2S/c1-15-7-8-16(18(12-15)27-4)13-22-20(23-14-19(25)24(2)3)21-10-9-17-6-5-11-26-17/h5-8,11-12H,9-10,13-14H2,1-4H3,(H2,21,22,23). The minimum Gasteiger partial charge on any atom is -0.469 e. The molecule has 146 valence electrons. The Morgan fingerprint density at radius 2 is 2.07 bits per heavy atom. The molecule has 1 heterocycles. The number of furan rings is 1. The van der Waals surface area contributed by atoms with E-state index < -0.39 is 0 Å². The molecule has 0 saturated carbocycles. The summed E-state index contributed by atoms with van der Waals surface area (Å²) in [6.07, 6.45) is 4.48. The van der Waals surface area contributed by atoms with Gasteiger partial charge in [-0.1, -0.05) is 12.1 Å². The second-order valence-electron chi connectivity index (χ2n) is 6.38. The molecule has 2 N–H and O–H groups in total. The van der Waals surface area contributed by atoms with E-state index in [9.17, 15) is 4.79 Å². The van der Waals surface area contributed by atoms with Crippen LogP contribution in [0.25, 0.3) is 0 Å². The first kappa shape index (κ1) is 20.9. The third-order valence-corrected chi connectivity index (χ3v) is 4.82. The third-order valence-electron chi connectivity index (χ3n) is 4.00. The minimum atomic E-state index is -0.00401. The maximum absolute atomic E-state index is 11.9. The van der Waals surface area contributed by atoms with E-state index in [4.69, 9.17) is 4.42 Å². The van der Waals surface area contributed by atoms with Crippen LogP contribution in [0, 0.1) is 6.92 Å². The Morgan fingerprint density at radius 1 is 1.26 bits per heavy atom. The van der Waals surface area contributed by atoms with Crippen molar-refractivity contribution in [2.75, 3.05) is 33.4 Å². The second kappa shape index (κ2) is 10.7. The number of carbonyl (C=O) groups excluding carboxylic acids is 1. The molecule has 0 radical (unpaired) electrons. The topological polar surface area (TPSA) is 69.9 Å². The van der Waals surface area contributed by atoms with Crippen molar-refractivity contribution in [1.29, 1.82) is 0 Å². The molecule has 0 atom stereocenters. The molecule has 0 saturated heterocycles. The fraction of sp³-hybridized carbons (Fsp3) is 0.400. The lowest BCUT2D eigenvalue weighted by Gasteiger charge is -2.15. The van der Waals surface area contributed by atoms with Crippen LogP contribution in [0.1, 0.15) is 16.9 Å². The molecule has 1 aromatic carbocycles. The number of amides is 1. The van der Waals surface area contributed by atoms with Crippen LogP contribution in [0.3, 0.4) is 0 Å². The molecule has 1 amide bonds. The number of aliphatic imine (C=N–C) groups is 1. The van der Waals surface area contributed by atoms with Crippen LogP contribution < -0.4 is 10.6 Å². The van der Waals surface area contributed by atoms with Crippen molar-refractivity contribution >= 4 is 23.6 Å². The van der Waals surface area contributed by atoms with Crippen molar-refractivity contribution in [3.05, 3.63) is 53.5 Å². The van der Waals surface area contributed by atoms with Crippen LogP contribution in [-0.4, -0.2) is 50.2 Å². The van der Waals surface area contributed by atoms with Gasteiger partial charge < -0.3 is 20.0 Å². The quantitative estimate of drug-likeness (QED) is 0.413. The van der Waals surface area contributed by atoms with Crippen molar-refractivity contribution in [3.8, 4) is 0 Å². The van der Waals surface area contributed by atoms with Gasteiger partial charge in [0.05, 0.1) is 19.4 Å². The van der Waals surface area contributed by atoms with Crippen molar-refractivity contribution in [2.45, 2.75) is 24.8 Å². The third kappa shape index (κ3) is 7.02. The Bertz CT molecular complexity index is 757. The van der Waals surface area contributed by atoms with Gasteiger partial charge in [-0.05, 0) is 42.5 Å². The highest BCUT2D eigenvalue weighted by atomic mass is 32.2. The average Bonchev–Trinajstić information content (AvgIpc) is 3.17. The lowest BCUT2D eigenvalue weighted by Crippen LogP contribution is -2.43. The van der Waals surface area contributed by atoms with E-state index in [-0.39, 0.29) is 12.5 Å². The Morgan fingerprint density at radius 3 is 2.74 bits per heavy atom. The zero-order chi connectivity index (χ0) is 19.6. The number of benzene rings is 1. The highest BCUT2D eigenvalue weighted by Crippen LogP contribution is 2.22. The molecule has 7 heteroatoms. The Labute approximate surface area is 165 Å². The van der Waals surface area contributed by atoms with Gasteiger partial charge in [-0.3, -0.25) is 4.79 Å². The SMILES string of the molecule is CSc1cc(C)ccc1CN=C(NCCc1ccco1)NCC(=O)N(C)C. The maximum atomic E-state index is 11.9. The molecule has 0 fully saturated rings. The molecular formula is C20H28N4O2S. The lowest BCUT2D eigenvalue weighted by molar-refractivity contribution is -0.127. The monoisotopic (exact) mass is 388 g/mol. The van der Waals surface area contributed by atoms with E-state index in [0.717, 1.165) is 12.2 Å². The van der Waals surface area contributed by atoms with Gasteiger partial charge in [0.2, 0.25) is 5.91 Å². The van der Waals surface area contributed by atoms with Crippen LogP contribution >= 0.6 is 11.8 Å². The van der Waals surface area contributed by atoms with E-state index in [1.54, 1.807) is 37.0 Å². The van der Waals surface area contributed by atoms with Gasteiger partial charge in [-0.2, -0.15) is 0 Å². The molecular weight excluding hydrogens is 360 g/mol. The highest BCUT2D eigenvalue weighted by Gasteiger charge is 2.07. The Hall–Kier alpha value is -2.41. The van der Waals surface area contributed by atoms with Crippen LogP contribution in [0.15, 0.2) is 50.9 Å². The van der Waals surface area contributed by atoms with E-state index in [1.165, 1.54) is 16.0 Å². The zero-order valence-electron chi connectivity index (χ0n) is 16.4. The van der Waals surface area contributed by atoms with Gasteiger partial charge in [-0.15, -0.1) is 11.8 Å². The summed E-state index contributed by atoms with van der Waals surface area (Å²) in [4.78, 5) is 19.3. The van der Waals surface area contributed by atoms with Gasteiger partial charge in [0.25, 0.3) is 0 Å². The molecule has 2 aromatic rings. The number of likely N-dealkylation sites (N-methyl/N-ethyl adjacent to an activating group) is 1. The predicted molar refractivity (Wildman–Crippen MR) is 111 cm³/mol. The minimum absolute atomic E-state index is 0.00401. The highest BCUT2D eigenvalue weighted by molar-refractivity contribution is 7.98. The lowest BCUT2D eigenvalue weighted by atomic mass is 10.1. The van der Waals surface area contributed by atoms with Gasteiger partial charge in [0.15, 0.2) is 5.96 Å². The number of hydrogen-bond donors (Lipinski definition) is 2. The molecule has 0 bridgehead atoms. The number of thioether (sulfide) groups is 1. The van der Waals surface area contributed by atoms with Crippen molar-refractivity contribution in [3.63, 3.8) is 0 Å². The maximum Gasteiger partial charge on any atom is 0.241 e. The number of aryl methyl sites for hydroxylation is 1. The van der Waals surface area contributed by atoms with Gasteiger partial charge >= 0.3 is 0 Å². The van der Waals surface area contributed by atoms with Gasteiger partial charge in [0.1, 0.15) is 5.76 Å². The van der Waals surface area contributed by atoms with Crippen LogP contribution in [0.4, 0.5) is 0 Å². The molecule has 1 aromatic heterocycles. The summed E-state index contributed by atoms with van der Waals surface area (Å²) in [6, 6.07) is 10.2. The molecule has 2 rings (SSSR count). The number of carbonyl (C=O) groups is 1. The summed E-state index contributed by atoms with van der Waals surface area (Å²) in [5, 5.41) is 6.38. The number of nitrogens with one attached hydrogen (secondary N) is 2. The van der Waals surface area contributed by atoms with Gasteiger partial charge in [0, 0.05) is 32.0 Å². The second-order valence-corrected chi connectivity index (χ2v) is 7.23. The molecule has 0 spiro atoms. The average molecular weight is 389 g/mol. The summed E-state index contributed by atoms with van der Waals surface area (Å²) < 4.78 is 5.35. The fourth-order valence-corrected chi connectivity index (χ4v) is 3.10. The Kier molecular flexibility index (Phi) is 8.26. The molecule has 0 aliphatic carbocycles. The molecule has 6 nitrogen and oxygen atoms in total. The number of hydrogen-bond acceptors (Lipinski definition) is 4. The molecule has 27 heavy (non-hydrogen) atoms. The van der Waals surface area contributed by atoms with E-state index >= 15 is 0 Å². The van der Waals surface area contributed by atoms with Gasteiger partial charge in [-0.25, -0.2) is 4.99 Å². The smallest absolute Gasteiger partial charge is 0.241 e. The van der Waals surface area contributed by atoms with Crippen LogP contribution in [-0.2, 0) is 17.8 Å². The van der Waals surface area contributed by atoms with Crippen molar-refractivity contribution in [1.82, 2.24) is 15.5 Å². The first-order chi connectivity index (χ1) is 13.0. The first-order valence-corrected chi connectivity index (χ1v) is 10.1. The normalized spacial score (nSPS) is 11.3. The van der Waals surface area contributed by atoms with Crippen molar-refractivity contribution in [2.24, 2.45) is 4.99 Å². The van der Waals surface area contributed by atoms with Crippen LogP contribution in [0.5, 0.6) is 0 Å². The molecule has 0 unspecified atom stereocenters. The van der Waals surface area contributed by atoms with Crippen LogP contribution in [0.2, 0.25) is 0 Å². The van der Waals surface area contributed by atoms with E-state index in [0.29, 0.717) is 19.0 Å². The largest absolute Gasteiger partial charge is 0.469 e. The summed E-state index contributed by atoms with van der Waals surface area (Å²) in [5.41, 5.74) is 2.40. The summed E-state index contributed by atoms with van der Waals surface area (Å²) >= 11 is 1.72. The Balaban J connectivity index is 2.02. The fourth-order valence-electron chi connectivity index (χ4n) is 2.40. The molecule has 0 aliphatic heterocycles. The van der Waals surface area contributed by atoms with Crippen molar-refractivity contribution < 1.29 is 9.21 Å². The molecule has 0 aliphatic rings.